The monoisotopic (exact) mass is 274 g/mol. The fourth-order valence-electron chi connectivity index (χ4n) is 1.78. The predicted molar refractivity (Wildman–Crippen MR) is 80.9 cm³/mol. The highest BCUT2D eigenvalue weighted by atomic mass is 32.1. The number of hydrogen-bond donors (Lipinski definition) is 1. The third-order valence-corrected chi connectivity index (χ3v) is 3.93. The molecule has 0 atom stereocenters. The van der Waals surface area contributed by atoms with Crippen molar-refractivity contribution in [3.05, 3.63) is 52.0 Å². The normalized spacial score (nSPS) is 10.4. The molecule has 2 rings (SSSR count). The van der Waals surface area contributed by atoms with Gasteiger partial charge in [0.15, 0.2) is 0 Å². The van der Waals surface area contributed by atoms with E-state index in [2.05, 4.69) is 18.5 Å². The Kier molecular flexibility index (Phi) is 4.22. The van der Waals surface area contributed by atoms with Crippen molar-refractivity contribution in [3.63, 3.8) is 0 Å². The first-order valence-electron chi connectivity index (χ1n) is 6.15. The molecule has 0 aliphatic carbocycles. The first-order valence-corrected chi connectivity index (χ1v) is 6.97. The summed E-state index contributed by atoms with van der Waals surface area (Å²) in [7, 11) is 0. The van der Waals surface area contributed by atoms with Crippen LogP contribution in [0.1, 0.15) is 21.1 Å². The molecule has 1 aromatic heterocycles. The Balaban J connectivity index is 2.13. The van der Waals surface area contributed by atoms with Gasteiger partial charge in [-0.05, 0) is 31.5 Å². The summed E-state index contributed by atoms with van der Waals surface area (Å²) in [6, 6.07) is 5.88. The van der Waals surface area contributed by atoms with E-state index in [4.69, 9.17) is 10.5 Å². The van der Waals surface area contributed by atoms with Crippen molar-refractivity contribution < 1.29 is 4.74 Å². The van der Waals surface area contributed by atoms with E-state index in [9.17, 15) is 0 Å². The van der Waals surface area contributed by atoms with E-state index in [0.717, 1.165) is 22.7 Å². The van der Waals surface area contributed by atoms with E-state index < -0.39 is 0 Å². The van der Waals surface area contributed by atoms with E-state index in [1.54, 1.807) is 17.4 Å². The van der Waals surface area contributed by atoms with Crippen LogP contribution >= 0.6 is 11.3 Å². The minimum atomic E-state index is 0.467. The molecule has 0 bridgehead atoms. The lowest BCUT2D eigenvalue weighted by Gasteiger charge is -2.08. The van der Waals surface area contributed by atoms with Crippen molar-refractivity contribution in [3.8, 4) is 5.75 Å². The average molecular weight is 274 g/mol. The number of ether oxygens (including phenoxy) is 1. The van der Waals surface area contributed by atoms with E-state index in [-0.39, 0.29) is 0 Å². The van der Waals surface area contributed by atoms with Crippen LogP contribution in [-0.2, 0) is 6.42 Å². The average Bonchev–Trinajstić information content (AvgIpc) is 2.67. The van der Waals surface area contributed by atoms with Crippen molar-refractivity contribution in [2.75, 3.05) is 12.3 Å². The van der Waals surface area contributed by atoms with E-state index in [1.807, 2.05) is 25.1 Å². The van der Waals surface area contributed by atoms with Crippen LogP contribution in [0.15, 0.2) is 30.9 Å². The molecule has 0 saturated carbocycles. The summed E-state index contributed by atoms with van der Waals surface area (Å²) in [4.78, 5) is 5.81. The second-order valence-electron chi connectivity index (χ2n) is 4.40. The van der Waals surface area contributed by atoms with Crippen LogP contribution in [0.4, 0.5) is 5.69 Å². The number of benzene rings is 1. The van der Waals surface area contributed by atoms with Gasteiger partial charge in [-0.3, -0.25) is 0 Å². The minimum absolute atomic E-state index is 0.467. The first kappa shape index (κ1) is 13.6. The van der Waals surface area contributed by atoms with Gasteiger partial charge >= 0.3 is 0 Å². The molecule has 19 heavy (non-hydrogen) atoms. The first-order chi connectivity index (χ1) is 9.10. The summed E-state index contributed by atoms with van der Waals surface area (Å²) >= 11 is 1.74. The maximum Gasteiger partial charge on any atom is 0.142 e. The Morgan fingerprint density at radius 1 is 1.42 bits per heavy atom. The van der Waals surface area contributed by atoms with Crippen LogP contribution in [0.25, 0.3) is 0 Å². The SMILES string of the molecule is C=CCOc1ccc(Cc2nc(C)c(C)s2)cc1N. The standard InChI is InChI=1S/C15H18N2OS/c1-4-7-18-14-6-5-12(8-13(14)16)9-15-17-10(2)11(3)19-15/h4-6,8H,1,7,9,16H2,2-3H3. The molecule has 2 aromatic rings. The van der Waals surface area contributed by atoms with Gasteiger partial charge in [0, 0.05) is 11.3 Å². The Labute approximate surface area is 117 Å². The minimum Gasteiger partial charge on any atom is -0.487 e. The maximum absolute atomic E-state index is 5.97. The predicted octanol–water partition coefficient (Wildman–Crippen LogP) is 3.50. The van der Waals surface area contributed by atoms with Gasteiger partial charge in [0.2, 0.25) is 0 Å². The number of aromatic nitrogens is 1. The molecule has 0 amide bonds. The third-order valence-electron chi connectivity index (χ3n) is 2.86. The molecule has 0 unspecified atom stereocenters. The Morgan fingerprint density at radius 3 is 2.79 bits per heavy atom. The number of rotatable bonds is 5. The summed E-state index contributed by atoms with van der Waals surface area (Å²) in [5.41, 5.74) is 8.89. The Bertz CT molecular complexity index is 570. The summed E-state index contributed by atoms with van der Waals surface area (Å²) < 4.78 is 5.46. The highest BCUT2D eigenvalue weighted by molar-refractivity contribution is 7.11. The second kappa shape index (κ2) is 5.89. The molecule has 1 heterocycles. The van der Waals surface area contributed by atoms with Crippen LogP contribution in [0.3, 0.4) is 0 Å². The summed E-state index contributed by atoms with van der Waals surface area (Å²) in [6.45, 7) is 8.22. The van der Waals surface area contributed by atoms with Gasteiger partial charge in [-0.15, -0.1) is 11.3 Å². The molecule has 1 aromatic carbocycles. The lowest BCUT2D eigenvalue weighted by atomic mass is 10.1. The molecule has 100 valence electrons. The molecule has 0 saturated heterocycles. The Hall–Kier alpha value is -1.81. The second-order valence-corrected chi connectivity index (χ2v) is 5.69. The molecular weight excluding hydrogens is 256 g/mol. The number of nitrogens with zero attached hydrogens (tertiary/aromatic N) is 1. The fraction of sp³-hybridized carbons (Fsp3) is 0.267. The van der Waals surface area contributed by atoms with Gasteiger partial charge < -0.3 is 10.5 Å². The van der Waals surface area contributed by atoms with E-state index >= 15 is 0 Å². The summed E-state index contributed by atoms with van der Waals surface area (Å²) in [6.07, 6.45) is 2.51. The van der Waals surface area contributed by atoms with Gasteiger partial charge in [0.1, 0.15) is 12.4 Å². The molecule has 0 spiro atoms. The van der Waals surface area contributed by atoms with Crippen LogP contribution < -0.4 is 10.5 Å². The van der Waals surface area contributed by atoms with Crippen molar-refractivity contribution in [1.29, 1.82) is 0 Å². The zero-order valence-corrected chi connectivity index (χ0v) is 12.1. The lowest BCUT2D eigenvalue weighted by Crippen LogP contribution is -1.99. The Morgan fingerprint density at radius 2 is 2.21 bits per heavy atom. The van der Waals surface area contributed by atoms with Crippen molar-refractivity contribution in [2.45, 2.75) is 20.3 Å². The molecule has 3 nitrogen and oxygen atoms in total. The zero-order chi connectivity index (χ0) is 13.8. The summed E-state index contributed by atoms with van der Waals surface area (Å²) in [5, 5.41) is 1.12. The van der Waals surface area contributed by atoms with E-state index in [1.165, 1.54) is 4.88 Å². The maximum atomic E-state index is 5.97. The quantitative estimate of drug-likeness (QED) is 0.670. The summed E-state index contributed by atoms with van der Waals surface area (Å²) in [5.74, 6) is 0.704. The van der Waals surface area contributed by atoms with E-state index in [0.29, 0.717) is 18.0 Å². The highest BCUT2D eigenvalue weighted by Gasteiger charge is 2.07. The highest BCUT2D eigenvalue weighted by Crippen LogP contribution is 2.25. The van der Waals surface area contributed by atoms with Crippen LogP contribution in [0.2, 0.25) is 0 Å². The number of anilines is 1. The molecular formula is C15H18N2OS. The van der Waals surface area contributed by atoms with Gasteiger partial charge in [0.25, 0.3) is 0 Å². The van der Waals surface area contributed by atoms with Crippen LogP contribution in [0.5, 0.6) is 5.75 Å². The number of nitrogens with two attached hydrogens (primary N) is 1. The lowest BCUT2D eigenvalue weighted by molar-refractivity contribution is 0.365. The molecule has 0 aliphatic heterocycles. The zero-order valence-electron chi connectivity index (χ0n) is 11.3. The van der Waals surface area contributed by atoms with Crippen LogP contribution in [0, 0.1) is 13.8 Å². The number of thiazole rings is 1. The number of aryl methyl sites for hydroxylation is 2. The molecule has 0 fully saturated rings. The number of nitrogen functional groups attached to an aromatic ring is 1. The topological polar surface area (TPSA) is 48.1 Å². The smallest absolute Gasteiger partial charge is 0.142 e. The molecule has 0 aliphatic rings. The molecule has 2 N–H and O–H groups in total. The van der Waals surface area contributed by atoms with Crippen molar-refractivity contribution in [1.82, 2.24) is 4.98 Å². The van der Waals surface area contributed by atoms with Gasteiger partial charge in [0.05, 0.1) is 16.4 Å². The van der Waals surface area contributed by atoms with Crippen LogP contribution in [-0.4, -0.2) is 11.6 Å². The van der Waals surface area contributed by atoms with Crippen molar-refractivity contribution in [2.24, 2.45) is 0 Å². The molecule has 4 heteroatoms. The van der Waals surface area contributed by atoms with Gasteiger partial charge in [-0.25, -0.2) is 4.98 Å². The number of hydrogen-bond acceptors (Lipinski definition) is 4. The van der Waals surface area contributed by atoms with Gasteiger partial charge in [-0.1, -0.05) is 18.7 Å². The van der Waals surface area contributed by atoms with Gasteiger partial charge in [-0.2, -0.15) is 0 Å². The third kappa shape index (κ3) is 3.35. The fourth-order valence-corrected chi connectivity index (χ4v) is 2.75. The largest absolute Gasteiger partial charge is 0.487 e. The molecule has 0 radical (unpaired) electrons. The van der Waals surface area contributed by atoms with Crippen molar-refractivity contribution >= 4 is 17.0 Å².